The lowest BCUT2D eigenvalue weighted by Gasteiger charge is -2.15. The monoisotopic (exact) mass is 557 g/mol. The van der Waals surface area contributed by atoms with Crippen LogP contribution in [0.25, 0.3) is 11.4 Å². The van der Waals surface area contributed by atoms with Crippen molar-refractivity contribution in [3.05, 3.63) is 64.4 Å². The van der Waals surface area contributed by atoms with E-state index in [4.69, 9.17) is 4.74 Å². The highest BCUT2D eigenvalue weighted by Gasteiger charge is 2.33. The fourth-order valence-electron chi connectivity index (χ4n) is 2.73. The molecule has 1 amide bonds. The van der Waals surface area contributed by atoms with Gasteiger partial charge in [0.15, 0.2) is 0 Å². The molecule has 0 saturated carbocycles. The first-order valence-electron chi connectivity index (χ1n) is 9.90. The van der Waals surface area contributed by atoms with Gasteiger partial charge in [-0.05, 0) is 36.4 Å². The fraction of sp³-hybridized carbons (Fsp3) is 0.217. The summed E-state index contributed by atoms with van der Waals surface area (Å²) in [7, 11) is 0. The van der Waals surface area contributed by atoms with E-state index in [-0.39, 0.29) is 29.4 Å². The highest BCUT2D eigenvalue weighted by atomic mass is 79.9. The Kier molecular flexibility index (Phi) is 8.14. The zero-order valence-electron chi connectivity index (χ0n) is 18.0. The third kappa shape index (κ3) is 8.08. The zero-order valence-corrected chi connectivity index (χ0v) is 19.6. The molecule has 3 rings (SSSR count). The van der Waals surface area contributed by atoms with Crippen molar-refractivity contribution in [2.45, 2.75) is 19.2 Å². The Morgan fingerprint density at radius 1 is 1.14 bits per heavy atom. The number of rotatable bonds is 7. The van der Waals surface area contributed by atoms with Crippen LogP contribution in [-0.4, -0.2) is 35.2 Å². The first-order valence-corrected chi connectivity index (χ1v) is 10.7. The van der Waals surface area contributed by atoms with Crippen LogP contribution in [0.5, 0.6) is 5.75 Å². The summed E-state index contributed by atoms with van der Waals surface area (Å²) in [6.45, 7) is -0.154. The van der Waals surface area contributed by atoms with Crippen LogP contribution in [0.1, 0.15) is 18.2 Å². The number of alkyl halides is 5. The minimum atomic E-state index is -4.62. The van der Waals surface area contributed by atoms with Crippen molar-refractivity contribution in [1.29, 1.82) is 0 Å². The van der Waals surface area contributed by atoms with E-state index in [0.29, 0.717) is 18.7 Å². The van der Waals surface area contributed by atoms with Crippen LogP contribution >= 0.6 is 15.9 Å². The number of nitrogens with zero attached hydrogens (tertiary/aromatic N) is 1. The molecule has 0 aliphatic carbocycles. The summed E-state index contributed by atoms with van der Waals surface area (Å²) in [5, 5.41) is 2.50. The van der Waals surface area contributed by atoms with Crippen molar-refractivity contribution in [2.24, 2.45) is 0 Å². The summed E-state index contributed by atoms with van der Waals surface area (Å²) in [5.74, 6) is 4.31. The Labute approximate surface area is 205 Å². The summed E-state index contributed by atoms with van der Waals surface area (Å²) < 4.78 is 74.9. The van der Waals surface area contributed by atoms with Crippen LogP contribution in [-0.2, 0) is 15.7 Å². The molecule has 0 aliphatic heterocycles. The molecular formula is C23H17BrF5N3O3. The van der Waals surface area contributed by atoms with E-state index < -0.39 is 30.5 Å². The number of amides is 1. The van der Waals surface area contributed by atoms with Crippen molar-refractivity contribution in [3.63, 3.8) is 0 Å². The highest BCUT2D eigenvalue weighted by molar-refractivity contribution is 9.10. The molecule has 1 heterocycles. The van der Waals surface area contributed by atoms with Crippen molar-refractivity contribution in [1.82, 2.24) is 9.97 Å². The number of nitrogens with one attached hydrogen (secondary N) is 2. The summed E-state index contributed by atoms with van der Waals surface area (Å²) in [6.07, 6.45) is -7.32. The first kappa shape index (κ1) is 26.2. The number of carbonyl (C=O) groups excluding carboxylic acids is 1. The van der Waals surface area contributed by atoms with E-state index >= 15 is 0 Å². The molecule has 0 spiro atoms. The summed E-state index contributed by atoms with van der Waals surface area (Å²) in [6, 6.07) is 11.0. The van der Waals surface area contributed by atoms with Crippen LogP contribution < -0.4 is 10.1 Å². The maximum absolute atomic E-state index is 12.9. The number of ether oxygens (including phenoxy) is 2. The van der Waals surface area contributed by atoms with Gasteiger partial charge in [-0.3, -0.25) is 4.79 Å². The number of imidazole rings is 1. The van der Waals surface area contributed by atoms with Gasteiger partial charge in [0.25, 0.3) is 0 Å². The Morgan fingerprint density at radius 2 is 1.91 bits per heavy atom. The second-order valence-electron chi connectivity index (χ2n) is 7.07. The van der Waals surface area contributed by atoms with Crippen molar-refractivity contribution in [3.8, 4) is 29.0 Å². The number of aromatic amines is 1. The molecule has 0 aliphatic rings. The molecule has 0 atom stereocenters. The van der Waals surface area contributed by atoms with Gasteiger partial charge in [-0.15, -0.1) is 0 Å². The molecule has 0 unspecified atom stereocenters. The van der Waals surface area contributed by atoms with Gasteiger partial charge >= 0.3 is 18.2 Å². The minimum Gasteiger partial charge on any atom is -0.489 e. The third-order valence-electron chi connectivity index (χ3n) is 4.22. The standard InChI is InChI=1S/C23H17BrF5N3O3/c1-22(25,26)35-10-9-34-18-7-6-15(21-30-13-19(32-21)23(27,28)29)12-17(18)31-20(33)8-5-14-3-2-4-16(24)11-14/h2-4,6-7,11-13H,9-10H2,1H3,(H,30,32)(H,31,33). The van der Waals surface area contributed by atoms with Crippen molar-refractivity contribution in [2.75, 3.05) is 18.5 Å². The Bertz CT molecular complexity index is 1260. The van der Waals surface area contributed by atoms with Crippen LogP contribution in [0.2, 0.25) is 0 Å². The van der Waals surface area contributed by atoms with Crippen molar-refractivity contribution < 1.29 is 36.2 Å². The quantitative estimate of drug-likeness (QED) is 0.217. The molecule has 2 N–H and O–H groups in total. The Balaban J connectivity index is 1.83. The molecule has 3 aromatic rings. The average molecular weight is 558 g/mol. The highest BCUT2D eigenvalue weighted by Crippen LogP contribution is 2.33. The lowest BCUT2D eigenvalue weighted by atomic mass is 10.1. The number of anilines is 1. The third-order valence-corrected chi connectivity index (χ3v) is 4.72. The number of hydrogen-bond donors (Lipinski definition) is 2. The van der Waals surface area contributed by atoms with E-state index in [2.05, 4.69) is 47.8 Å². The topological polar surface area (TPSA) is 76.2 Å². The van der Waals surface area contributed by atoms with Gasteiger partial charge in [-0.25, -0.2) is 4.98 Å². The summed E-state index contributed by atoms with van der Waals surface area (Å²) in [5.41, 5.74) is -0.229. The first-order chi connectivity index (χ1) is 16.4. The number of hydrogen-bond acceptors (Lipinski definition) is 4. The second kappa shape index (κ2) is 10.9. The predicted octanol–water partition coefficient (Wildman–Crippen LogP) is 5.86. The molecule has 0 bridgehead atoms. The van der Waals surface area contributed by atoms with Gasteiger partial charge in [-0.2, -0.15) is 22.0 Å². The SMILES string of the molecule is CC(F)(F)OCCOc1ccc(-c2ncc(C(F)(F)F)[nH]2)cc1NC(=O)C#Cc1cccc(Br)c1. The second-order valence-corrected chi connectivity index (χ2v) is 7.99. The molecule has 0 radical (unpaired) electrons. The van der Waals surface area contributed by atoms with E-state index in [1.54, 1.807) is 24.3 Å². The van der Waals surface area contributed by atoms with Gasteiger partial charge in [0.2, 0.25) is 0 Å². The molecule has 184 valence electrons. The molecule has 2 aromatic carbocycles. The van der Waals surface area contributed by atoms with Gasteiger partial charge < -0.3 is 19.8 Å². The molecule has 0 fully saturated rings. The van der Waals surface area contributed by atoms with Gasteiger partial charge in [-0.1, -0.05) is 27.9 Å². The number of carbonyl (C=O) groups is 1. The van der Waals surface area contributed by atoms with Crippen molar-refractivity contribution >= 4 is 27.5 Å². The van der Waals surface area contributed by atoms with Crippen LogP contribution in [0, 0.1) is 11.8 Å². The molecule has 12 heteroatoms. The number of halogens is 6. The molecule has 35 heavy (non-hydrogen) atoms. The van der Waals surface area contributed by atoms with E-state index in [1.165, 1.54) is 18.2 Å². The average Bonchev–Trinajstić information content (AvgIpc) is 3.26. The normalized spacial score (nSPS) is 11.5. The maximum Gasteiger partial charge on any atom is 0.432 e. The Hall–Kier alpha value is -3.43. The summed E-state index contributed by atoms with van der Waals surface area (Å²) >= 11 is 3.30. The maximum atomic E-state index is 12.9. The molecule has 6 nitrogen and oxygen atoms in total. The molecular weight excluding hydrogens is 541 g/mol. The molecule has 1 aromatic heterocycles. The Morgan fingerprint density at radius 3 is 2.57 bits per heavy atom. The predicted molar refractivity (Wildman–Crippen MR) is 121 cm³/mol. The summed E-state index contributed by atoms with van der Waals surface area (Å²) in [4.78, 5) is 18.3. The van der Waals surface area contributed by atoms with E-state index in [1.807, 2.05) is 0 Å². The van der Waals surface area contributed by atoms with Gasteiger partial charge in [0.05, 0.1) is 18.5 Å². The van der Waals surface area contributed by atoms with Crippen LogP contribution in [0.4, 0.5) is 27.6 Å². The smallest absolute Gasteiger partial charge is 0.432 e. The number of benzene rings is 2. The van der Waals surface area contributed by atoms with E-state index in [0.717, 1.165) is 4.47 Å². The fourth-order valence-corrected chi connectivity index (χ4v) is 3.13. The number of aromatic nitrogens is 2. The minimum absolute atomic E-state index is 0.0456. The molecule has 0 saturated heterocycles. The zero-order chi connectivity index (χ0) is 25.6. The largest absolute Gasteiger partial charge is 0.489 e. The van der Waals surface area contributed by atoms with E-state index in [9.17, 15) is 26.7 Å². The van der Waals surface area contributed by atoms with Gasteiger partial charge in [0.1, 0.15) is 23.9 Å². The van der Waals surface area contributed by atoms with Crippen LogP contribution in [0.15, 0.2) is 53.1 Å². The number of H-pyrrole nitrogens is 1. The lowest BCUT2D eigenvalue weighted by Crippen LogP contribution is -2.20. The van der Waals surface area contributed by atoms with Crippen LogP contribution in [0.3, 0.4) is 0 Å². The van der Waals surface area contributed by atoms with Gasteiger partial charge in [0, 0.05) is 28.4 Å². The lowest BCUT2D eigenvalue weighted by molar-refractivity contribution is -0.226.